The highest BCUT2D eigenvalue weighted by molar-refractivity contribution is 4.81. The second kappa shape index (κ2) is 4.74. The Morgan fingerprint density at radius 3 is 2.79 bits per heavy atom. The lowest BCUT2D eigenvalue weighted by atomic mass is 10.00. The maximum Gasteiger partial charge on any atom is 0.161 e. The fraction of sp³-hybridized carbons (Fsp3) is 0.900. The average Bonchev–Trinajstić information content (AvgIpc) is 2.68. The van der Waals surface area contributed by atoms with Gasteiger partial charge in [0.15, 0.2) is 6.29 Å². The van der Waals surface area contributed by atoms with Crippen LogP contribution in [0.15, 0.2) is 0 Å². The molecule has 0 saturated carbocycles. The molecule has 0 aromatic carbocycles. The quantitative estimate of drug-likeness (QED) is 0.664. The van der Waals surface area contributed by atoms with Gasteiger partial charge in [-0.05, 0) is 12.8 Å². The van der Waals surface area contributed by atoms with Crippen LogP contribution in [0, 0.1) is 17.2 Å². The third kappa shape index (κ3) is 2.24. The highest BCUT2D eigenvalue weighted by atomic mass is 16.7. The molecule has 2 unspecified atom stereocenters. The highest BCUT2D eigenvalue weighted by Gasteiger charge is 2.33. The van der Waals surface area contributed by atoms with Gasteiger partial charge in [0.05, 0.1) is 25.2 Å². The Morgan fingerprint density at radius 1 is 1.29 bits per heavy atom. The molecule has 0 N–H and O–H groups in total. The molecule has 78 valence electrons. The topological polar surface area (TPSA) is 51.5 Å². The lowest BCUT2D eigenvalue weighted by Crippen LogP contribution is -2.28. The summed E-state index contributed by atoms with van der Waals surface area (Å²) in [6, 6.07) is 2.10. The van der Waals surface area contributed by atoms with E-state index in [9.17, 15) is 0 Å². The summed E-state index contributed by atoms with van der Waals surface area (Å²) in [6.07, 6.45) is 2.32. The molecule has 2 aliphatic rings. The van der Waals surface area contributed by atoms with E-state index in [4.69, 9.17) is 19.5 Å². The first-order valence-corrected chi connectivity index (χ1v) is 5.12. The predicted octanol–water partition coefficient (Wildman–Crippen LogP) is 1.07. The van der Waals surface area contributed by atoms with E-state index in [-0.39, 0.29) is 12.4 Å². The fourth-order valence-electron chi connectivity index (χ4n) is 1.91. The van der Waals surface area contributed by atoms with Crippen molar-refractivity contribution in [3.8, 4) is 6.07 Å². The van der Waals surface area contributed by atoms with E-state index in [2.05, 4.69) is 6.07 Å². The Balaban J connectivity index is 1.79. The summed E-state index contributed by atoms with van der Waals surface area (Å²) in [5, 5.41) is 8.52. The van der Waals surface area contributed by atoms with Crippen LogP contribution < -0.4 is 0 Å². The predicted molar refractivity (Wildman–Crippen MR) is 48.4 cm³/mol. The van der Waals surface area contributed by atoms with E-state index < -0.39 is 0 Å². The molecule has 2 saturated heterocycles. The molecule has 2 rings (SSSR count). The molecule has 4 heteroatoms. The van der Waals surface area contributed by atoms with Crippen LogP contribution in [0.25, 0.3) is 0 Å². The molecule has 0 amide bonds. The Kier molecular flexibility index (Phi) is 3.35. The van der Waals surface area contributed by atoms with Crippen LogP contribution in [0.4, 0.5) is 0 Å². The summed E-state index contributed by atoms with van der Waals surface area (Å²) in [7, 11) is 0. The minimum atomic E-state index is -0.0998. The van der Waals surface area contributed by atoms with Crippen molar-refractivity contribution in [1.82, 2.24) is 0 Å². The highest BCUT2D eigenvalue weighted by Crippen LogP contribution is 2.27. The normalized spacial score (nSPS) is 34.2. The van der Waals surface area contributed by atoms with Crippen molar-refractivity contribution in [3.05, 3.63) is 0 Å². The first-order chi connectivity index (χ1) is 6.90. The maximum atomic E-state index is 8.52. The van der Waals surface area contributed by atoms with Gasteiger partial charge in [0.2, 0.25) is 0 Å². The summed E-state index contributed by atoms with van der Waals surface area (Å²) in [5.41, 5.74) is 0. The molecule has 0 radical (unpaired) electrons. The first-order valence-electron chi connectivity index (χ1n) is 5.12. The summed E-state index contributed by atoms with van der Waals surface area (Å²) >= 11 is 0. The molecule has 0 aromatic heterocycles. The Labute approximate surface area is 83.7 Å². The molecule has 2 atom stereocenters. The number of rotatable bonds is 2. The summed E-state index contributed by atoms with van der Waals surface area (Å²) in [4.78, 5) is 0. The summed E-state index contributed by atoms with van der Waals surface area (Å²) in [5.74, 6) is 0.451. The van der Waals surface area contributed by atoms with Crippen LogP contribution in [-0.2, 0) is 14.2 Å². The van der Waals surface area contributed by atoms with Crippen molar-refractivity contribution in [2.24, 2.45) is 5.92 Å². The molecular weight excluding hydrogens is 182 g/mol. The van der Waals surface area contributed by atoms with Crippen molar-refractivity contribution in [2.45, 2.75) is 31.7 Å². The van der Waals surface area contributed by atoms with Crippen LogP contribution >= 0.6 is 0 Å². The van der Waals surface area contributed by atoms with Gasteiger partial charge in [-0.2, -0.15) is 5.26 Å². The molecule has 0 aromatic rings. The molecule has 2 heterocycles. The number of ether oxygens (including phenoxy) is 3. The minimum absolute atomic E-state index is 0.0205. The number of hydrogen-bond donors (Lipinski definition) is 0. The van der Waals surface area contributed by atoms with Crippen molar-refractivity contribution >= 4 is 0 Å². The number of nitrogens with zero attached hydrogens (tertiary/aromatic N) is 1. The molecule has 0 bridgehead atoms. The Bertz CT molecular complexity index is 220. The van der Waals surface area contributed by atoms with Gasteiger partial charge in [0, 0.05) is 19.1 Å². The zero-order valence-electron chi connectivity index (χ0n) is 8.15. The van der Waals surface area contributed by atoms with Gasteiger partial charge in [-0.15, -0.1) is 0 Å². The van der Waals surface area contributed by atoms with Crippen LogP contribution in [0.1, 0.15) is 19.3 Å². The second-order valence-electron chi connectivity index (χ2n) is 3.77. The van der Waals surface area contributed by atoms with E-state index in [0.29, 0.717) is 18.9 Å². The molecule has 14 heavy (non-hydrogen) atoms. The van der Waals surface area contributed by atoms with Crippen molar-refractivity contribution in [3.63, 3.8) is 0 Å². The number of nitriles is 1. The van der Waals surface area contributed by atoms with Crippen molar-refractivity contribution < 1.29 is 14.2 Å². The van der Waals surface area contributed by atoms with E-state index in [0.717, 1.165) is 26.1 Å². The largest absolute Gasteiger partial charge is 0.381 e. The molecular formula is C10H15NO3. The van der Waals surface area contributed by atoms with E-state index in [1.165, 1.54) is 0 Å². The molecule has 2 fully saturated rings. The third-order valence-corrected chi connectivity index (χ3v) is 2.74. The zero-order valence-corrected chi connectivity index (χ0v) is 8.15. The zero-order chi connectivity index (χ0) is 9.80. The molecule has 0 spiro atoms. The van der Waals surface area contributed by atoms with E-state index in [1.807, 2.05) is 0 Å². The van der Waals surface area contributed by atoms with Gasteiger partial charge in [-0.1, -0.05) is 0 Å². The SMILES string of the molecule is N#CCC1COC(C2CCOCC2)O1. The van der Waals surface area contributed by atoms with E-state index >= 15 is 0 Å². The van der Waals surface area contributed by atoms with E-state index in [1.54, 1.807) is 0 Å². The lowest BCUT2D eigenvalue weighted by Gasteiger charge is -2.26. The van der Waals surface area contributed by atoms with Gasteiger partial charge < -0.3 is 14.2 Å². The third-order valence-electron chi connectivity index (χ3n) is 2.74. The molecule has 2 aliphatic heterocycles. The van der Waals surface area contributed by atoms with Crippen LogP contribution in [0.2, 0.25) is 0 Å². The second-order valence-corrected chi connectivity index (χ2v) is 3.77. The average molecular weight is 197 g/mol. The van der Waals surface area contributed by atoms with Crippen molar-refractivity contribution in [1.29, 1.82) is 5.26 Å². The van der Waals surface area contributed by atoms with Crippen LogP contribution in [0.3, 0.4) is 0 Å². The lowest BCUT2D eigenvalue weighted by molar-refractivity contribution is -0.119. The Morgan fingerprint density at radius 2 is 2.07 bits per heavy atom. The standard InChI is InChI=1S/C10H15NO3/c11-4-1-9-7-13-10(14-9)8-2-5-12-6-3-8/h8-10H,1-3,5-7H2. The smallest absolute Gasteiger partial charge is 0.161 e. The van der Waals surface area contributed by atoms with Crippen molar-refractivity contribution in [2.75, 3.05) is 19.8 Å². The molecule has 4 nitrogen and oxygen atoms in total. The summed E-state index contributed by atoms with van der Waals surface area (Å²) in [6.45, 7) is 2.17. The van der Waals surface area contributed by atoms with Gasteiger partial charge in [0.1, 0.15) is 0 Å². The minimum Gasteiger partial charge on any atom is -0.381 e. The van der Waals surface area contributed by atoms with Gasteiger partial charge >= 0.3 is 0 Å². The maximum absolute atomic E-state index is 8.52. The Hall–Kier alpha value is -0.630. The van der Waals surface area contributed by atoms with Gasteiger partial charge in [-0.3, -0.25) is 0 Å². The summed E-state index contributed by atoms with van der Waals surface area (Å²) < 4.78 is 16.4. The van der Waals surface area contributed by atoms with Gasteiger partial charge in [0.25, 0.3) is 0 Å². The molecule has 0 aliphatic carbocycles. The fourth-order valence-corrected chi connectivity index (χ4v) is 1.91. The van der Waals surface area contributed by atoms with Crippen LogP contribution in [-0.4, -0.2) is 32.2 Å². The van der Waals surface area contributed by atoms with Crippen LogP contribution in [0.5, 0.6) is 0 Å². The first kappa shape index (κ1) is 9.91. The monoisotopic (exact) mass is 197 g/mol. The van der Waals surface area contributed by atoms with Gasteiger partial charge in [-0.25, -0.2) is 0 Å². The number of hydrogen-bond acceptors (Lipinski definition) is 4.